The van der Waals surface area contributed by atoms with E-state index in [9.17, 15) is 19.5 Å². The molecule has 0 fully saturated rings. The van der Waals surface area contributed by atoms with Gasteiger partial charge in [-0.3, -0.25) is 9.59 Å². The van der Waals surface area contributed by atoms with Gasteiger partial charge in [0.15, 0.2) is 5.16 Å². The topological polar surface area (TPSA) is 121 Å². The van der Waals surface area contributed by atoms with Crippen LogP contribution in [-0.2, 0) is 22.4 Å². The number of H-pyrrole nitrogens is 1. The largest absolute Gasteiger partial charge is 0.493 e. The summed E-state index contributed by atoms with van der Waals surface area (Å²) in [5.41, 5.74) is 0.906. The number of aromatic amines is 1. The van der Waals surface area contributed by atoms with Crippen LogP contribution in [0.25, 0.3) is 0 Å². The van der Waals surface area contributed by atoms with Crippen LogP contribution in [0.4, 0.5) is 5.00 Å². The lowest BCUT2D eigenvalue weighted by molar-refractivity contribution is -0.113. The van der Waals surface area contributed by atoms with Gasteiger partial charge in [0, 0.05) is 4.88 Å². The van der Waals surface area contributed by atoms with Crippen molar-refractivity contribution in [2.75, 3.05) is 18.2 Å². The van der Waals surface area contributed by atoms with Crippen molar-refractivity contribution in [1.29, 1.82) is 0 Å². The molecule has 0 radical (unpaired) electrons. The van der Waals surface area contributed by atoms with Crippen molar-refractivity contribution in [2.24, 2.45) is 0 Å². The summed E-state index contributed by atoms with van der Waals surface area (Å²) >= 11 is 2.39. The van der Waals surface area contributed by atoms with E-state index >= 15 is 0 Å². The number of carbonyl (C=O) groups excluding carboxylic acids is 2. The number of anilines is 1. The van der Waals surface area contributed by atoms with E-state index < -0.39 is 17.4 Å². The van der Waals surface area contributed by atoms with Crippen molar-refractivity contribution in [3.63, 3.8) is 0 Å². The Labute approximate surface area is 157 Å². The zero-order chi connectivity index (χ0) is 18.7. The normalized spacial score (nSPS) is 13.1. The Hall–Kier alpha value is -2.33. The fourth-order valence-corrected chi connectivity index (χ4v) is 4.72. The molecule has 0 unspecified atom stereocenters. The van der Waals surface area contributed by atoms with Crippen LogP contribution in [0.1, 0.15) is 33.6 Å². The molecule has 0 atom stereocenters. The van der Waals surface area contributed by atoms with E-state index in [2.05, 4.69) is 15.3 Å². The Bertz CT molecular complexity index is 906. The maximum absolute atomic E-state index is 12.3. The maximum atomic E-state index is 12.3. The molecule has 0 saturated heterocycles. The predicted molar refractivity (Wildman–Crippen MR) is 98.2 cm³/mol. The van der Waals surface area contributed by atoms with Crippen LogP contribution in [0.5, 0.6) is 5.88 Å². The van der Waals surface area contributed by atoms with Crippen LogP contribution in [0.3, 0.4) is 0 Å². The van der Waals surface area contributed by atoms with E-state index in [-0.39, 0.29) is 16.8 Å². The third kappa shape index (κ3) is 4.07. The number of aromatic hydroxyl groups is 1. The van der Waals surface area contributed by atoms with Gasteiger partial charge in [-0.1, -0.05) is 11.8 Å². The first-order chi connectivity index (χ1) is 12.5. The molecule has 2 aromatic rings. The summed E-state index contributed by atoms with van der Waals surface area (Å²) in [5.74, 6) is -1.23. The number of rotatable bonds is 5. The molecule has 3 rings (SSSR count). The summed E-state index contributed by atoms with van der Waals surface area (Å²) in [6.45, 7) is 0. The second kappa shape index (κ2) is 7.92. The smallest absolute Gasteiger partial charge is 0.341 e. The molecule has 0 saturated carbocycles. The number of hydrogen-bond donors (Lipinski definition) is 3. The van der Waals surface area contributed by atoms with Gasteiger partial charge in [0.25, 0.3) is 5.56 Å². The number of thiophene rings is 1. The fraction of sp³-hybridized carbons (Fsp3) is 0.375. The molecule has 1 aliphatic rings. The average molecular weight is 395 g/mol. The highest BCUT2D eigenvalue weighted by molar-refractivity contribution is 7.99. The van der Waals surface area contributed by atoms with Crippen molar-refractivity contribution >= 4 is 40.0 Å². The van der Waals surface area contributed by atoms with Crippen LogP contribution in [0.2, 0.25) is 0 Å². The van der Waals surface area contributed by atoms with Crippen LogP contribution in [0, 0.1) is 0 Å². The number of fused-ring (bicyclic) bond motifs is 1. The second-order valence-corrected chi connectivity index (χ2v) is 7.72. The van der Waals surface area contributed by atoms with Crippen LogP contribution in [-0.4, -0.2) is 39.8 Å². The Kier molecular flexibility index (Phi) is 5.62. The highest BCUT2D eigenvalue weighted by Crippen LogP contribution is 2.38. The van der Waals surface area contributed by atoms with Gasteiger partial charge in [-0.05, 0) is 31.2 Å². The summed E-state index contributed by atoms with van der Waals surface area (Å²) in [6.07, 6.45) is 3.76. The summed E-state index contributed by atoms with van der Waals surface area (Å²) in [6, 6.07) is 0.947. The number of carbonyl (C=O) groups is 2. The lowest BCUT2D eigenvalue weighted by Crippen LogP contribution is -2.17. The van der Waals surface area contributed by atoms with Crippen molar-refractivity contribution in [2.45, 2.75) is 30.8 Å². The first-order valence-corrected chi connectivity index (χ1v) is 9.74. The van der Waals surface area contributed by atoms with Gasteiger partial charge < -0.3 is 20.1 Å². The molecule has 1 amide bonds. The number of aromatic nitrogens is 2. The molecule has 2 aromatic heterocycles. The number of hydrogen-bond acceptors (Lipinski definition) is 8. The molecule has 0 aromatic carbocycles. The molecule has 0 aliphatic heterocycles. The van der Waals surface area contributed by atoms with Gasteiger partial charge in [0.1, 0.15) is 5.00 Å². The fourth-order valence-electron chi connectivity index (χ4n) is 2.76. The molecular formula is C16H17N3O5S2. The lowest BCUT2D eigenvalue weighted by atomic mass is 9.95. The third-order valence-corrected chi connectivity index (χ3v) is 5.94. The number of esters is 1. The average Bonchev–Trinajstić information content (AvgIpc) is 2.96. The van der Waals surface area contributed by atoms with Crippen LogP contribution < -0.4 is 10.9 Å². The van der Waals surface area contributed by atoms with Crippen molar-refractivity contribution < 1.29 is 19.4 Å². The SMILES string of the molecule is COC(=O)c1c(NC(=O)CSc2nc(O)cc(=O)[nH]2)sc2c1CCCC2. The van der Waals surface area contributed by atoms with Crippen molar-refractivity contribution in [3.05, 3.63) is 32.4 Å². The highest BCUT2D eigenvalue weighted by atomic mass is 32.2. The third-order valence-electron chi connectivity index (χ3n) is 3.86. The minimum absolute atomic E-state index is 0.0322. The molecule has 0 bridgehead atoms. The number of aryl methyl sites for hydroxylation is 1. The summed E-state index contributed by atoms with van der Waals surface area (Å²) in [5, 5.41) is 12.7. The number of nitrogens with one attached hydrogen (secondary N) is 2. The van der Waals surface area contributed by atoms with Gasteiger partial charge in [-0.15, -0.1) is 11.3 Å². The van der Waals surface area contributed by atoms with E-state index in [1.165, 1.54) is 18.4 Å². The molecule has 8 nitrogen and oxygen atoms in total. The van der Waals surface area contributed by atoms with Crippen LogP contribution in [0.15, 0.2) is 16.0 Å². The molecular weight excluding hydrogens is 378 g/mol. The minimum Gasteiger partial charge on any atom is -0.493 e. The Morgan fingerprint density at radius 3 is 2.92 bits per heavy atom. The lowest BCUT2D eigenvalue weighted by Gasteiger charge is -2.11. The van der Waals surface area contributed by atoms with Gasteiger partial charge >= 0.3 is 5.97 Å². The van der Waals surface area contributed by atoms with E-state index in [1.54, 1.807) is 0 Å². The van der Waals surface area contributed by atoms with Crippen molar-refractivity contribution in [3.8, 4) is 5.88 Å². The van der Waals surface area contributed by atoms with E-state index in [0.717, 1.165) is 54.0 Å². The number of thioether (sulfide) groups is 1. The molecule has 1 aliphatic carbocycles. The van der Waals surface area contributed by atoms with E-state index in [0.29, 0.717) is 10.6 Å². The van der Waals surface area contributed by atoms with E-state index in [4.69, 9.17) is 4.74 Å². The standard InChI is InChI=1S/C16H17N3O5S2/c1-24-15(23)13-8-4-2-3-5-9(8)26-14(13)17-12(22)7-25-16-18-10(20)6-11(21)19-16/h6H,2-5,7H2,1H3,(H,17,22)(H2,18,19,20,21). The zero-order valence-corrected chi connectivity index (χ0v) is 15.6. The number of ether oxygens (including phenoxy) is 1. The Morgan fingerprint density at radius 2 is 2.19 bits per heavy atom. The molecule has 2 heterocycles. The molecule has 0 spiro atoms. The van der Waals surface area contributed by atoms with Gasteiger partial charge in [0.05, 0.1) is 24.5 Å². The van der Waals surface area contributed by atoms with Crippen LogP contribution >= 0.6 is 23.1 Å². The quantitative estimate of drug-likeness (QED) is 0.402. The van der Waals surface area contributed by atoms with Crippen molar-refractivity contribution in [1.82, 2.24) is 9.97 Å². The molecule has 3 N–H and O–H groups in total. The van der Waals surface area contributed by atoms with Gasteiger partial charge in [-0.2, -0.15) is 4.98 Å². The van der Waals surface area contributed by atoms with Gasteiger partial charge in [0.2, 0.25) is 11.8 Å². The molecule has 10 heteroatoms. The summed E-state index contributed by atoms with van der Waals surface area (Å²) in [7, 11) is 1.32. The predicted octanol–water partition coefficient (Wildman–Crippen LogP) is 1.93. The summed E-state index contributed by atoms with van der Waals surface area (Å²) in [4.78, 5) is 43.0. The zero-order valence-electron chi connectivity index (χ0n) is 14.0. The minimum atomic E-state index is -0.501. The van der Waals surface area contributed by atoms with E-state index in [1.807, 2.05) is 0 Å². The monoisotopic (exact) mass is 395 g/mol. The maximum Gasteiger partial charge on any atom is 0.341 e. The number of methoxy groups -OCH3 is 1. The first kappa shape index (κ1) is 18.5. The highest BCUT2D eigenvalue weighted by Gasteiger charge is 2.26. The first-order valence-electron chi connectivity index (χ1n) is 7.93. The molecule has 26 heavy (non-hydrogen) atoms. The Morgan fingerprint density at radius 1 is 1.42 bits per heavy atom. The second-order valence-electron chi connectivity index (χ2n) is 5.65. The Balaban J connectivity index is 1.73. The molecule has 138 valence electrons. The summed E-state index contributed by atoms with van der Waals surface area (Å²) < 4.78 is 4.87. The van der Waals surface area contributed by atoms with Gasteiger partial charge in [-0.25, -0.2) is 4.79 Å². The number of nitrogens with zero attached hydrogens (tertiary/aromatic N) is 1. The number of amides is 1.